The summed E-state index contributed by atoms with van der Waals surface area (Å²) < 4.78 is 0. The maximum absolute atomic E-state index is 8.79. The molecular weight excluding hydrogens is 139 g/mol. The van der Waals surface area contributed by atoms with Crippen LogP contribution in [0.5, 0.6) is 0 Å². The van der Waals surface area contributed by atoms with Gasteiger partial charge in [-0.15, -0.1) is 0 Å². The average Bonchev–Trinajstić information content (AvgIpc) is 1.86. The lowest BCUT2D eigenvalue weighted by atomic mass is 9.78. The van der Waals surface area contributed by atoms with E-state index in [0.717, 1.165) is 5.57 Å². The number of rotatable bonds is 3. The Labute approximate surface area is 67.7 Å². The van der Waals surface area contributed by atoms with E-state index in [1.54, 1.807) is 12.2 Å². The van der Waals surface area contributed by atoms with Crippen LogP contribution >= 0.6 is 0 Å². The smallest absolute Gasteiger partial charge is 0.423 e. The fourth-order valence-electron chi connectivity index (χ4n) is 0.678. The number of allylic oxidation sites excluding steroid dienone is 5. The van der Waals surface area contributed by atoms with Gasteiger partial charge in [0.1, 0.15) is 0 Å². The molecule has 0 spiro atoms. The fourth-order valence-corrected chi connectivity index (χ4v) is 0.678. The van der Waals surface area contributed by atoms with Gasteiger partial charge in [0.05, 0.1) is 0 Å². The van der Waals surface area contributed by atoms with Crippen molar-refractivity contribution >= 4 is 7.12 Å². The molecule has 60 valence electrons. The fraction of sp³-hybridized carbons (Fsp3) is 0.250. The van der Waals surface area contributed by atoms with Crippen molar-refractivity contribution in [3.63, 3.8) is 0 Å². The topological polar surface area (TPSA) is 40.5 Å². The maximum atomic E-state index is 8.79. The third-order valence-corrected chi connectivity index (χ3v) is 1.06. The lowest BCUT2D eigenvalue weighted by molar-refractivity contribution is 0.420. The first-order chi connectivity index (χ1) is 5.07. The number of hydrogen-bond donors (Lipinski definition) is 2. The lowest BCUT2D eigenvalue weighted by Crippen LogP contribution is -2.13. The van der Waals surface area contributed by atoms with Crippen LogP contribution in [0.3, 0.4) is 0 Å². The van der Waals surface area contributed by atoms with Gasteiger partial charge >= 0.3 is 7.12 Å². The van der Waals surface area contributed by atoms with Crippen molar-refractivity contribution in [2.75, 3.05) is 0 Å². The molecule has 0 rings (SSSR count). The van der Waals surface area contributed by atoms with Gasteiger partial charge in [0, 0.05) is 0 Å². The highest BCUT2D eigenvalue weighted by Crippen LogP contribution is 2.02. The zero-order valence-electron chi connectivity index (χ0n) is 6.91. The van der Waals surface area contributed by atoms with Crippen molar-refractivity contribution in [2.24, 2.45) is 0 Å². The molecule has 0 fully saturated rings. The Morgan fingerprint density at radius 2 is 1.91 bits per heavy atom. The zero-order valence-corrected chi connectivity index (χ0v) is 6.91. The van der Waals surface area contributed by atoms with Crippen LogP contribution in [-0.2, 0) is 0 Å². The highest BCUT2D eigenvalue weighted by molar-refractivity contribution is 6.51. The summed E-state index contributed by atoms with van der Waals surface area (Å²) in [4.78, 5) is 0. The first-order valence-corrected chi connectivity index (χ1v) is 3.41. The molecule has 0 aromatic rings. The molecule has 0 heterocycles. The van der Waals surface area contributed by atoms with Gasteiger partial charge in [0.25, 0.3) is 0 Å². The van der Waals surface area contributed by atoms with Gasteiger partial charge in [-0.1, -0.05) is 30.4 Å². The van der Waals surface area contributed by atoms with Crippen LogP contribution in [0.2, 0.25) is 0 Å². The molecule has 0 aromatic carbocycles. The van der Waals surface area contributed by atoms with Crippen LogP contribution < -0.4 is 0 Å². The monoisotopic (exact) mass is 152 g/mol. The van der Waals surface area contributed by atoms with Gasteiger partial charge in [0.2, 0.25) is 0 Å². The molecule has 0 unspecified atom stereocenters. The van der Waals surface area contributed by atoms with Gasteiger partial charge < -0.3 is 10.0 Å². The van der Waals surface area contributed by atoms with Gasteiger partial charge in [-0.25, -0.2) is 0 Å². The Kier molecular flexibility index (Phi) is 4.58. The quantitative estimate of drug-likeness (QED) is 0.469. The van der Waals surface area contributed by atoms with Crippen molar-refractivity contribution in [3.8, 4) is 0 Å². The normalized spacial score (nSPS) is 10.7. The second-order valence-corrected chi connectivity index (χ2v) is 2.50. The second kappa shape index (κ2) is 4.94. The molecule has 0 saturated carbocycles. The summed E-state index contributed by atoms with van der Waals surface area (Å²) >= 11 is 0. The molecule has 2 N–H and O–H groups in total. The summed E-state index contributed by atoms with van der Waals surface area (Å²) in [7, 11) is -1.41. The molecule has 11 heavy (non-hydrogen) atoms. The predicted octanol–water partition coefficient (Wildman–Crippen LogP) is 1.08. The highest BCUT2D eigenvalue weighted by atomic mass is 16.4. The molecule has 0 aliphatic heterocycles. The first kappa shape index (κ1) is 10.2. The molecule has 0 aliphatic rings. The summed E-state index contributed by atoms with van der Waals surface area (Å²) in [6, 6.07) is 0. The Bertz CT molecular complexity index is 188. The van der Waals surface area contributed by atoms with E-state index in [-0.39, 0.29) is 0 Å². The van der Waals surface area contributed by atoms with Crippen molar-refractivity contribution < 1.29 is 10.0 Å². The Hall–Kier alpha value is -0.795. The maximum Gasteiger partial charge on any atom is 0.488 e. The summed E-state index contributed by atoms with van der Waals surface area (Å²) in [5, 5.41) is 17.6. The van der Waals surface area contributed by atoms with Gasteiger partial charge in [-0.3, -0.25) is 0 Å². The molecule has 0 saturated heterocycles. The highest BCUT2D eigenvalue weighted by Gasteiger charge is 2.10. The molecule has 0 radical (unpaired) electrons. The lowest BCUT2D eigenvalue weighted by Gasteiger charge is -1.98. The van der Waals surface area contributed by atoms with Gasteiger partial charge in [-0.05, 0) is 19.3 Å². The van der Waals surface area contributed by atoms with Crippen molar-refractivity contribution in [2.45, 2.75) is 13.8 Å². The van der Waals surface area contributed by atoms with E-state index >= 15 is 0 Å². The first-order valence-electron chi connectivity index (χ1n) is 3.41. The van der Waals surface area contributed by atoms with Crippen LogP contribution in [0.4, 0.5) is 0 Å². The SMILES string of the molecule is C=C/C=C(\C=C(C)C)B(O)O. The summed E-state index contributed by atoms with van der Waals surface area (Å²) in [6.45, 7) is 7.24. The van der Waals surface area contributed by atoms with E-state index in [4.69, 9.17) is 10.0 Å². The third-order valence-electron chi connectivity index (χ3n) is 1.06. The minimum Gasteiger partial charge on any atom is -0.423 e. The van der Waals surface area contributed by atoms with E-state index in [1.807, 2.05) is 13.8 Å². The third kappa shape index (κ3) is 4.59. The Morgan fingerprint density at radius 1 is 1.36 bits per heavy atom. The van der Waals surface area contributed by atoms with Crippen LogP contribution in [0.25, 0.3) is 0 Å². The molecule has 2 nitrogen and oxygen atoms in total. The van der Waals surface area contributed by atoms with Crippen LogP contribution in [0.1, 0.15) is 13.8 Å². The van der Waals surface area contributed by atoms with Gasteiger partial charge in [-0.2, -0.15) is 0 Å². The number of hydrogen-bond acceptors (Lipinski definition) is 2. The minimum absolute atomic E-state index is 0.458. The van der Waals surface area contributed by atoms with E-state index in [2.05, 4.69) is 6.58 Å². The predicted molar refractivity (Wildman–Crippen MR) is 47.9 cm³/mol. The largest absolute Gasteiger partial charge is 0.488 e. The van der Waals surface area contributed by atoms with Crippen LogP contribution in [0.15, 0.2) is 35.9 Å². The second-order valence-electron chi connectivity index (χ2n) is 2.50. The van der Waals surface area contributed by atoms with E-state index < -0.39 is 7.12 Å². The summed E-state index contributed by atoms with van der Waals surface area (Å²) in [6.07, 6.45) is 4.79. The van der Waals surface area contributed by atoms with Crippen molar-refractivity contribution in [3.05, 3.63) is 35.9 Å². The summed E-state index contributed by atoms with van der Waals surface area (Å²) in [5.74, 6) is 0. The Balaban J connectivity index is 4.49. The molecule has 0 aliphatic carbocycles. The summed E-state index contributed by atoms with van der Waals surface area (Å²) in [5.41, 5.74) is 1.48. The molecule has 0 aromatic heterocycles. The molecule has 0 atom stereocenters. The van der Waals surface area contributed by atoms with Crippen molar-refractivity contribution in [1.82, 2.24) is 0 Å². The minimum atomic E-state index is -1.41. The van der Waals surface area contributed by atoms with E-state index in [0.29, 0.717) is 5.47 Å². The average molecular weight is 152 g/mol. The molecule has 0 amide bonds. The molecule has 0 bridgehead atoms. The van der Waals surface area contributed by atoms with Crippen LogP contribution in [-0.4, -0.2) is 17.2 Å². The molecular formula is C8H13BO2. The van der Waals surface area contributed by atoms with E-state index in [9.17, 15) is 0 Å². The van der Waals surface area contributed by atoms with Gasteiger partial charge in [0.15, 0.2) is 0 Å². The zero-order chi connectivity index (χ0) is 8.85. The Morgan fingerprint density at radius 3 is 2.18 bits per heavy atom. The van der Waals surface area contributed by atoms with Crippen LogP contribution in [0, 0.1) is 0 Å². The molecule has 3 heteroatoms. The standard InChI is InChI=1S/C8H13BO2/c1-4-5-8(9(10)11)6-7(2)3/h4-6,10-11H,1H2,2-3H3/b8-5+. The van der Waals surface area contributed by atoms with Crippen molar-refractivity contribution in [1.29, 1.82) is 0 Å². The van der Waals surface area contributed by atoms with E-state index in [1.165, 1.54) is 6.08 Å².